The van der Waals surface area contributed by atoms with E-state index in [0.29, 0.717) is 16.9 Å². The van der Waals surface area contributed by atoms with Gasteiger partial charge in [-0.15, -0.1) is 0 Å². The number of pyridine rings is 1. The highest BCUT2D eigenvalue weighted by molar-refractivity contribution is 6.01. The third kappa shape index (κ3) is 3.26. The highest BCUT2D eigenvalue weighted by atomic mass is 19.4. The molecule has 0 aliphatic carbocycles. The van der Waals surface area contributed by atoms with Crippen molar-refractivity contribution in [1.29, 1.82) is 0 Å². The monoisotopic (exact) mass is 345 g/mol. The Morgan fingerprint density at radius 3 is 2.56 bits per heavy atom. The van der Waals surface area contributed by atoms with E-state index in [1.54, 1.807) is 23.9 Å². The van der Waals surface area contributed by atoms with Crippen molar-refractivity contribution in [3.8, 4) is 11.1 Å². The van der Waals surface area contributed by atoms with Gasteiger partial charge >= 0.3 is 6.18 Å². The molecule has 2 heterocycles. The first-order valence-electron chi connectivity index (χ1n) is 7.35. The summed E-state index contributed by atoms with van der Waals surface area (Å²) < 4.78 is 40.0. The van der Waals surface area contributed by atoms with Crippen LogP contribution in [0.2, 0.25) is 0 Å². The highest BCUT2D eigenvalue weighted by Crippen LogP contribution is 2.34. The van der Waals surface area contributed by atoms with E-state index >= 15 is 0 Å². The number of aryl methyl sites for hydroxylation is 1. The van der Waals surface area contributed by atoms with Crippen LogP contribution in [0.25, 0.3) is 22.2 Å². The van der Waals surface area contributed by atoms with E-state index in [1.165, 1.54) is 18.3 Å². The zero-order chi connectivity index (χ0) is 18.2. The summed E-state index contributed by atoms with van der Waals surface area (Å²) in [6, 6.07) is 6.67. The van der Waals surface area contributed by atoms with Crippen LogP contribution in [-0.4, -0.2) is 15.5 Å². The van der Waals surface area contributed by atoms with Gasteiger partial charge in [-0.1, -0.05) is 18.7 Å². The van der Waals surface area contributed by atoms with Crippen molar-refractivity contribution in [2.45, 2.75) is 6.18 Å². The molecule has 3 rings (SSSR count). The second-order valence-electron chi connectivity index (χ2n) is 5.52. The molecule has 3 aromatic rings. The summed E-state index contributed by atoms with van der Waals surface area (Å²) in [4.78, 5) is 15.7. The number of carbonyl (C=O) groups excluding carboxylic acids is 1. The average molecular weight is 345 g/mol. The summed E-state index contributed by atoms with van der Waals surface area (Å²) in [5.41, 5.74) is 1.80. The Morgan fingerprint density at radius 2 is 1.96 bits per heavy atom. The smallest absolute Gasteiger partial charge is 0.335 e. The molecule has 0 aliphatic heterocycles. The number of anilines is 1. The third-order valence-corrected chi connectivity index (χ3v) is 3.79. The summed E-state index contributed by atoms with van der Waals surface area (Å²) in [6.07, 6.45) is 0.0760. The highest BCUT2D eigenvalue weighted by Gasteiger charge is 2.30. The molecule has 0 saturated heterocycles. The van der Waals surface area contributed by atoms with Crippen molar-refractivity contribution in [3.05, 3.63) is 60.9 Å². The van der Waals surface area contributed by atoms with Gasteiger partial charge in [-0.3, -0.25) is 4.79 Å². The van der Waals surface area contributed by atoms with Crippen molar-refractivity contribution in [1.82, 2.24) is 9.55 Å². The lowest BCUT2D eigenvalue weighted by Crippen LogP contribution is -2.07. The Hall–Kier alpha value is -3.09. The number of nitrogens with zero attached hydrogens (tertiary/aromatic N) is 2. The molecule has 128 valence electrons. The molecular formula is C18H14F3N3O. The third-order valence-electron chi connectivity index (χ3n) is 3.79. The molecule has 0 saturated carbocycles. The molecule has 1 amide bonds. The van der Waals surface area contributed by atoms with Gasteiger partial charge in [-0.2, -0.15) is 13.2 Å². The lowest BCUT2D eigenvalue weighted by Gasteiger charge is -2.07. The number of hydrogen-bond donors (Lipinski definition) is 1. The Labute approximate surface area is 141 Å². The van der Waals surface area contributed by atoms with E-state index in [0.717, 1.165) is 29.2 Å². The van der Waals surface area contributed by atoms with Gasteiger partial charge in [0.25, 0.3) is 0 Å². The van der Waals surface area contributed by atoms with E-state index in [9.17, 15) is 18.0 Å². The van der Waals surface area contributed by atoms with Crippen molar-refractivity contribution >= 4 is 22.6 Å². The van der Waals surface area contributed by atoms with Crippen LogP contribution in [0.4, 0.5) is 18.9 Å². The first kappa shape index (κ1) is 16.8. The van der Waals surface area contributed by atoms with Gasteiger partial charge in [-0.25, -0.2) is 4.98 Å². The number of amides is 1. The van der Waals surface area contributed by atoms with Crippen molar-refractivity contribution in [3.63, 3.8) is 0 Å². The Bertz CT molecular complexity index is 956. The molecule has 0 unspecified atom stereocenters. The Kier molecular flexibility index (Phi) is 4.08. The van der Waals surface area contributed by atoms with E-state index in [-0.39, 0.29) is 5.91 Å². The second-order valence-corrected chi connectivity index (χ2v) is 5.52. The van der Waals surface area contributed by atoms with Gasteiger partial charge in [0.1, 0.15) is 5.65 Å². The molecule has 0 atom stereocenters. The van der Waals surface area contributed by atoms with Gasteiger partial charge < -0.3 is 9.88 Å². The summed E-state index contributed by atoms with van der Waals surface area (Å²) in [6.45, 7) is 3.39. The number of nitrogens with one attached hydrogen (secondary N) is 1. The summed E-state index contributed by atoms with van der Waals surface area (Å²) in [5, 5.41) is 3.35. The lowest BCUT2D eigenvalue weighted by molar-refractivity contribution is -0.137. The van der Waals surface area contributed by atoms with E-state index < -0.39 is 11.7 Å². The second kappa shape index (κ2) is 6.08. The van der Waals surface area contributed by atoms with E-state index in [4.69, 9.17) is 0 Å². The van der Waals surface area contributed by atoms with Gasteiger partial charge in [0, 0.05) is 24.2 Å². The molecule has 25 heavy (non-hydrogen) atoms. The topological polar surface area (TPSA) is 46.9 Å². The van der Waals surface area contributed by atoms with Crippen LogP contribution in [0.1, 0.15) is 5.56 Å². The fourth-order valence-corrected chi connectivity index (χ4v) is 2.59. The number of alkyl halides is 3. The normalized spacial score (nSPS) is 11.5. The van der Waals surface area contributed by atoms with Crippen molar-refractivity contribution in [2.24, 2.45) is 7.05 Å². The summed E-state index contributed by atoms with van der Waals surface area (Å²) >= 11 is 0. The molecule has 2 aromatic heterocycles. The van der Waals surface area contributed by atoms with Gasteiger partial charge in [0.2, 0.25) is 5.91 Å². The minimum atomic E-state index is -4.37. The largest absolute Gasteiger partial charge is 0.416 e. The molecular weight excluding hydrogens is 331 g/mol. The maximum atomic E-state index is 12.7. The van der Waals surface area contributed by atoms with Crippen molar-refractivity contribution in [2.75, 3.05) is 5.32 Å². The van der Waals surface area contributed by atoms with Crippen LogP contribution in [0.3, 0.4) is 0 Å². The lowest BCUT2D eigenvalue weighted by atomic mass is 10.0. The molecule has 0 fully saturated rings. The number of aromatic nitrogens is 2. The average Bonchev–Trinajstić information content (AvgIpc) is 2.90. The predicted octanol–water partition coefficient (Wildman–Crippen LogP) is 4.38. The zero-order valence-corrected chi connectivity index (χ0v) is 13.3. The van der Waals surface area contributed by atoms with Gasteiger partial charge in [0.15, 0.2) is 0 Å². The van der Waals surface area contributed by atoms with Crippen LogP contribution in [-0.2, 0) is 18.0 Å². The fraction of sp³-hybridized carbons (Fsp3) is 0.111. The zero-order valence-electron chi connectivity index (χ0n) is 13.3. The summed E-state index contributed by atoms with van der Waals surface area (Å²) in [7, 11) is 1.80. The number of hydrogen-bond acceptors (Lipinski definition) is 2. The molecule has 4 nitrogen and oxygen atoms in total. The molecule has 0 radical (unpaired) electrons. The minimum Gasteiger partial charge on any atom is -0.335 e. The SMILES string of the molecule is C=CC(=O)Nc1cnc2c(c1)c(-c1ccc(C(F)(F)F)cc1)cn2C. The van der Waals surface area contributed by atoms with E-state index in [1.807, 2.05) is 0 Å². The Balaban J connectivity index is 2.07. The van der Waals surface area contributed by atoms with Crippen LogP contribution >= 0.6 is 0 Å². The van der Waals surface area contributed by atoms with Crippen LogP contribution in [0, 0.1) is 0 Å². The first-order chi connectivity index (χ1) is 11.8. The number of halogens is 3. The first-order valence-corrected chi connectivity index (χ1v) is 7.35. The molecule has 0 spiro atoms. The van der Waals surface area contributed by atoms with Crippen LogP contribution < -0.4 is 5.32 Å². The predicted molar refractivity (Wildman–Crippen MR) is 90.0 cm³/mol. The number of benzene rings is 1. The van der Waals surface area contributed by atoms with Gasteiger partial charge in [-0.05, 0) is 29.8 Å². The van der Waals surface area contributed by atoms with Crippen LogP contribution in [0.15, 0.2) is 55.4 Å². The molecule has 0 aliphatic rings. The summed E-state index contributed by atoms with van der Waals surface area (Å²) in [5.74, 6) is -0.367. The number of rotatable bonds is 3. The Morgan fingerprint density at radius 1 is 1.28 bits per heavy atom. The molecule has 1 aromatic carbocycles. The molecule has 1 N–H and O–H groups in total. The quantitative estimate of drug-likeness (QED) is 0.716. The standard InChI is InChI=1S/C18H14F3N3O/c1-3-16(25)23-13-8-14-15(10-24(2)17(14)22-9-13)11-4-6-12(7-5-11)18(19,20)21/h3-10H,1H2,2H3,(H,23,25). The minimum absolute atomic E-state index is 0.367. The fourth-order valence-electron chi connectivity index (χ4n) is 2.59. The van der Waals surface area contributed by atoms with Crippen molar-refractivity contribution < 1.29 is 18.0 Å². The van der Waals surface area contributed by atoms with Gasteiger partial charge in [0.05, 0.1) is 17.4 Å². The number of carbonyl (C=O) groups is 1. The molecule has 0 bridgehead atoms. The van der Waals surface area contributed by atoms with E-state index in [2.05, 4.69) is 16.9 Å². The molecule has 7 heteroatoms. The maximum Gasteiger partial charge on any atom is 0.416 e. The van der Waals surface area contributed by atoms with Crippen LogP contribution in [0.5, 0.6) is 0 Å². The number of fused-ring (bicyclic) bond motifs is 1. The maximum absolute atomic E-state index is 12.7.